The van der Waals surface area contributed by atoms with Crippen LogP contribution >= 0.6 is 0 Å². The fraction of sp³-hybridized carbons (Fsp3) is 0.333. The second-order valence-corrected chi connectivity index (χ2v) is 6.27. The van der Waals surface area contributed by atoms with Crippen LogP contribution in [0.15, 0.2) is 37.1 Å². The Hall–Kier alpha value is -2.44. The van der Waals surface area contributed by atoms with Gasteiger partial charge in [-0.3, -0.25) is 9.59 Å². The highest BCUT2D eigenvalue weighted by Crippen LogP contribution is 2.35. The number of amides is 1. The van der Waals surface area contributed by atoms with Crippen LogP contribution in [0.1, 0.15) is 34.7 Å². The highest BCUT2D eigenvalue weighted by molar-refractivity contribution is 6.05. The second-order valence-electron chi connectivity index (χ2n) is 6.27. The van der Waals surface area contributed by atoms with Crippen molar-refractivity contribution in [2.45, 2.75) is 18.8 Å². The van der Waals surface area contributed by atoms with Gasteiger partial charge in [0.2, 0.25) is 0 Å². The van der Waals surface area contributed by atoms with E-state index in [1.807, 2.05) is 12.1 Å². The van der Waals surface area contributed by atoms with Crippen LogP contribution in [0, 0.1) is 5.92 Å². The Balaban J connectivity index is 2.03. The summed E-state index contributed by atoms with van der Waals surface area (Å²) in [6.07, 6.45) is 4.36. The van der Waals surface area contributed by atoms with Crippen LogP contribution in [0.2, 0.25) is 0 Å². The number of nitrogens with one attached hydrogen (secondary N) is 1. The quantitative estimate of drug-likeness (QED) is 0.750. The summed E-state index contributed by atoms with van der Waals surface area (Å²) in [5.74, 6) is -0.659. The molecule has 0 saturated carbocycles. The lowest BCUT2D eigenvalue weighted by Gasteiger charge is -2.21. The molecule has 2 heterocycles. The van der Waals surface area contributed by atoms with Gasteiger partial charge in [0.15, 0.2) is 5.78 Å². The van der Waals surface area contributed by atoms with Crippen LogP contribution < -0.4 is 5.73 Å². The first kappa shape index (κ1) is 16.4. The van der Waals surface area contributed by atoms with E-state index in [-0.39, 0.29) is 17.6 Å². The predicted octanol–water partition coefficient (Wildman–Crippen LogP) is 2.21. The van der Waals surface area contributed by atoms with Gasteiger partial charge in [0.05, 0.1) is 11.1 Å². The Morgan fingerprint density at radius 3 is 2.88 bits per heavy atom. The summed E-state index contributed by atoms with van der Waals surface area (Å²) in [6, 6.07) is 5.47. The molecule has 1 amide bonds. The summed E-state index contributed by atoms with van der Waals surface area (Å²) in [7, 11) is 0. The van der Waals surface area contributed by atoms with E-state index in [4.69, 9.17) is 5.73 Å². The number of aromatic nitrogens is 1. The molecule has 0 radical (unpaired) electrons. The number of allylic oxidation sites excluding steroid dienone is 1. The molecule has 126 valence electrons. The summed E-state index contributed by atoms with van der Waals surface area (Å²) >= 11 is 0. The molecule has 1 saturated heterocycles. The molecule has 0 aliphatic carbocycles. The molecular weight excluding hydrogens is 306 g/mol. The van der Waals surface area contributed by atoms with Crippen molar-refractivity contribution in [3.05, 3.63) is 48.2 Å². The lowest BCUT2D eigenvalue weighted by molar-refractivity contribution is -0.119. The van der Waals surface area contributed by atoms with Gasteiger partial charge < -0.3 is 15.9 Å². The average Bonchev–Trinajstić information content (AvgIpc) is 2.97. The van der Waals surface area contributed by atoms with E-state index in [1.54, 1.807) is 12.3 Å². The third-order valence-corrected chi connectivity index (χ3v) is 4.80. The van der Waals surface area contributed by atoms with Crippen LogP contribution in [0.5, 0.6) is 0 Å². The van der Waals surface area contributed by atoms with Crippen molar-refractivity contribution in [1.29, 1.82) is 0 Å². The topological polar surface area (TPSA) is 99.4 Å². The van der Waals surface area contributed by atoms with Crippen LogP contribution in [0.4, 0.5) is 0 Å². The number of rotatable bonds is 4. The third kappa shape index (κ3) is 2.98. The van der Waals surface area contributed by atoms with E-state index in [9.17, 15) is 14.8 Å². The molecule has 1 aromatic heterocycles. The zero-order chi connectivity index (χ0) is 17.3. The predicted molar refractivity (Wildman–Crippen MR) is 90.8 cm³/mol. The monoisotopic (exact) mass is 327 g/mol. The van der Waals surface area contributed by atoms with Gasteiger partial charge in [0, 0.05) is 36.5 Å². The van der Waals surface area contributed by atoms with Gasteiger partial charge in [-0.05, 0) is 36.6 Å². The van der Waals surface area contributed by atoms with Crippen molar-refractivity contribution in [1.82, 2.24) is 10.0 Å². The smallest absolute Gasteiger partial charge is 0.250 e. The van der Waals surface area contributed by atoms with Crippen LogP contribution in [0.25, 0.3) is 10.9 Å². The summed E-state index contributed by atoms with van der Waals surface area (Å²) < 4.78 is 0. The van der Waals surface area contributed by atoms with Crippen molar-refractivity contribution in [2.24, 2.45) is 11.7 Å². The van der Waals surface area contributed by atoms with Gasteiger partial charge in [-0.25, -0.2) is 0 Å². The van der Waals surface area contributed by atoms with E-state index in [0.29, 0.717) is 37.0 Å². The molecule has 0 spiro atoms. The van der Waals surface area contributed by atoms with Gasteiger partial charge >= 0.3 is 0 Å². The van der Waals surface area contributed by atoms with Gasteiger partial charge in [-0.15, -0.1) is 0 Å². The van der Waals surface area contributed by atoms with Crippen LogP contribution in [0.3, 0.4) is 0 Å². The fourth-order valence-electron chi connectivity index (χ4n) is 3.58. The molecule has 24 heavy (non-hydrogen) atoms. The Morgan fingerprint density at radius 2 is 2.17 bits per heavy atom. The molecule has 1 aliphatic rings. The number of benzene rings is 1. The Kier molecular flexibility index (Phi) is 4.51. The molecule has 2 atom stereocenters. The molecule has 6 heteroatoms. The Bertz CT molecular complexity index is 796. The zero-order valence-corrected chi connectivity index (χ0v) is 13.4. The molecule has 4 N–H and O–H groups in total. The SMILES string of the molecule is C=CC(=O)[C@H]1CCN(O)C[C@@H](c2ccc(C(N)=O)c3[nH]ccc23)C1. The number of carbonyl (C=O) groups is 2. The summed E-state index contributed by atoms with van der Waals surface area (Å²) in [5.41, 5.74) is 7.56. The minimum Gasteiger partial charge on any atom is -0.366 e. The highest BCUT2D eigenvalue weighted by Gasteiger charge is 2.29. The standard InChI is InChI=1S/C18H21N3O3/c1-2-16(22)11-6-8-21(24)10-12(9-11)13-3-4-15(18(19)23)17-14(13)5-7-20-17/h2-5,7,11-12,20,24H,1,6,8-10H2,(H2,19,23)/t11-,12-/m0/s1. The van der Waals surface area contributed by atoms with Gasteiger partial charge in [0.25, 0.3) is 5.91 Å². The van der Waals surface area contributed by atoms with Crippen molar-refractivity contribution in [3.8, 4) is 0 Å². The molecule has 1 aromatic carbocycles. The number of hydrogen-bond acceptors (Lipinski definition) is 4. The number of nitrogens with zero attached hydrogens (tertiary/aromatic N) is 1. The first-order valence-electron chi connectivity index (χ1n) is 8.01. The average molecular weight is 327 g/mol. The number of fused-ring (bicyclic) bond motifs is 1. The Labute approximate surface area is 139 Å². The lowest BCUT2D eigenvalue weighted by Crippen LogP contribution is -2.24. The zero-order valence-electron chi connectivity index (χ0n) is 13.4. The van der Waals surface area contributed by atoms with Gasteiger partial charge in [-0.2, -0.15) is 5.06 Å². The van der Waals surface area contributed by atoms with Crippen molar-refractivity contribution in [3.63, 3.8) is 0 Å². The molecule has 1 aliphatic heterocycles. The number of ketones is 1. The molecular formula is C18H21N3O3. The van der Waals surface area contributed by atoms with Crippen molar-refractivity contribution < 1.29 is 14.8 Å². The van der Waals surface area contributed by atoms with Gasteiger partial charge in [0.1, 0.15) is 0 Å². The molecule has 2 aromatic rings. The van der Waals surface area contributed by atoms with Crippen LogP contribution in [-0.4, -0.2) is 40.0 Å². The fourth-order valence-corrected chi connectivity index (χ4v) is 3.58. The van der Waals surface area contributed by atoms with E-state index in [0.717, 1.165) is 10.9 Å². The normalized spacial score (nSPS) is 22.2. The molecule has 6 nitrogen and oxygen atoms in total. The number of aromatic amines is 1. The summed E-state index contributed by atoms with van der Waals surface area (Å²) in [5, 5.41) is 12.2. The molecule has 3 rings (SSSR count). The number of H-pyrrole nitrogens is 1. The van der Waals surface area contributed by atoms with Gasteiger partial charge in [-0.1, -0.05) is 12.6 Å². The first-order valence-corrected chi connectivity index (χ1v) is 8.01. The van der Waals surface area contributed by atoms with E-state index in [1.165, 1.54) is 11.1 Å². The Morgan fingerprint density at radius 1 is 1.38 bits per heavy atom. The van der Waals surface area contributed by atoms with E-state index < -0.39 is 5.91 Å². The van der Waals surface area contributed by atoms with E-state index >= 15 is 0 Å². The number of hydrogen-bond donors (Lipinski definition) is 3. The number of hydroxylamine groups is 2. The maximum Gasteiger partial charge on any atom is 0.250 e. The highest BCUT2D eigenvalue weighted by atomic mass is 16.5. The van der Waals surface area contributed by atoms with Crippen molar-refractivity contribution in [2.75, 3.05) is 13.1 Å². The second kappa shape index (κ2) is 6.59. The summed E-state index contributed by atoms with van der Waals surface area (Å²) in [6.45, 7) is 4.47. The van der Waals surface area contributed by atoms with Crippen molar-refractivity contribution >= 4 is 22.6 Å². The third-order valence-electron chi connectivity index (χ3n) is 4.80. The molecule has 1 fully saturated rings. The van der Waals surface area contributed by atoms with E-state index in [2.05, 4.69) is 11.6 Å². The minimum absolute atomic E-state index is 0.00867. The number of carbonyl (C=O) groups excluding carboxylic acids is 2. The maximum atomic E-state index is 12.1. The minimum atomic E-state index is -0.488. The van der Waals surface area contributed by atoms with Crippen LogP contribution in [-0.2, 0) is 4.79 Å². The maximum absolute atomic E-state index is 12.1. The largest absolute Gasteiger partial charge is 0.366 e. The lowest BCUT2D eigenvalue weighted by atomic mass is 9.84. The molecule has 0 bridgehead atoms. The number of primary amides is 1. The number of nitrogens with two attached hydrogens (primary N) is 1. The summed E-state index contributed by atoms with van der Waals surface area (Å²) in [4.78, 5) is 26.7. The first-order chi connectivity index (χ1) is 11.5. The molecule has 0 unspecified atom stereocenters.